The fourth-order valence-electron chi connectivity index (χ4n) is 4.23. The van der Waals surface area contributed by atoms with Gasteiger partial charge in [0.25, 0.3) is 5.91 Å². The average molecular weight is 524 g/mol. The normalized spacial score (nSPS) is 12.5. The van der Waals surface area contributed by atoms with E-state index in [1.807, 2.05) is 62.4 Å². The van der Waals surface area contributed by atoms with Crippen LogP contribution in [0.15, 0.2) is 48.5 Å². The maximum absolute atomic E-state index is 13.6. The number of amides is 2. The number of carbonyl (C=O) groups excluding carboxylic acids is 2. The maximum Gasteiger partial charge on any atom is 0.410 e. The van der Waals surface area contributed by atoms with Gasteiger partial charge in [-0.2, -0.15) is 0 Å². The first-order chi connectivity index (χ1) is 18.0. The fraction of sp³-hybridized carbons (Fsp3) is 0.357. The smallest absolute Gasteiger partial charge is 0.410 e. The Morgan fingerprint density at radius 3 is 2.46 bits per heavy atom. The number of nitrogens with zero attached hydrogens (tertiary/aromatic N) is 1. The van der Waals surface area contributed by atoms with Crippen molar-refractivity contribution in [1.29, 1.82) is 0 Å². The van der Waals surface area contributed by atoms with Crippen LogP contribution in [0.2, 0.25) is 0 Å². The Bertz CT molecular complexity index is 1230. The zero-order chi connectivity index (χ0) is 26.2. The van der Waals surface area contributed by atoms with E-state index in [0.29, 0.717) is 62.9 Å². The molecular formula is C28H33N3O5S. The van der Waals surface area contributed by atoms with Crippen molar-refractivity contribution in [3.8, 4) is 11.5 Å². The summed E-state index contributed by atoms with van der Waals surface area (Å²) in [5.74, 6) is 1.24. The standard InChI is InChI=1S/C28H33N3O5S/c1-4-34-20-13-11-19(12-14-20)17-29-27-25(26(32)30-22-9-7-8-10-23(22)35-5-2)21-15-16-31(18-24(21)37-27)28(33)36-6-3/h7-14,29H,4-6,15-18H2,1-3H3,(H,30,32). The number of fused-ring (bicyclic) bond motifs is 1. The maximum atomic E-state index is 13.6. The van der Waals surface area contributed by atoms with E-state index >= 15 is 0 Å². The second-order valence-electron chi connectivity index (χ2n) is 8.39. The van der Waals surface area contributed by atoms with Crippen molar-refractivity contribution < 1.29 is 23.8 Å². The van der Waals surface area contributed by atoms with Crippen LogP contribution < -0.4 is 20.1 Å². The zero-order valence-corrected chi connectivity index (χ0v) is 22.3. The van der Waals surface area contributed by atoms with Gasteiger partial charge < -0.3 is 29.7 Å². The van der Waals surface area contributed by atoms with E-state index < -0.39 is 0 Å². The lowest BCUT2D eigenvalue weighted by Crippen LogP contribution is -2.36. The van der Waals surface area contributed by atoms with Crippen molar-refractivity contribution in [3.63, 3.8) is 0 Å². The molecule has 0 aliphatic carbocycles. The number of para-hydroxylation sites is 2. The Labute approximate surface area is 221 Å². The number of hydrogen-bond acceptors (Lipinski definition) is 7. The molecule has 3 aromatic rings. The molecule has 0 radical (unpaired) electrons. The highest BCUT2D eigenvalue weighted by Crippen LogP contribution is 2.38. The number of hydrogen-bond donors (Lipinski definition) is 2. The van der Waals surface area contributed by atoms with Crippen molar-refractivity contribution in [2.75, 3.05) is 37.0 Å². The summed E-state index contributed by atoms with van der Waals surface area (Å²) in [6.07, 6.45) is 0.243. The molecule has 0 fully saturated rings. The number of carbonyl (C=O) groups is 2. The van der Waals surface area contributed by atoms with Crippen LogP contribution in [0.1, 0.15) is 47.1 Å². The summed E-state index contributed by atoms with van der Waals surface area (Å²) in [6, 6.07) is 15.3. The Hall–Kier alpha value is -3.72. The highest BCUT2D eigenvalue weighted by atomic mass is 32.1. The minimum Gasteiger partial charge on any atom is -0.494 e. The quantitative estimate of drug-likeness (QED) is 0.343. The molecule has 37 heavy (non-hydrogen) atoms. The molecule has 4 rings (SSSR count). The van der Waals surface area contributed by atoms with E-state index in [-0.39, 0.29) is 12.0 Å². The number of benzene rings is 2. The molecule has 2 amide bonds. The SMILES string of the molecule is CCOC(=O)N1CCc2c(sc(NCc3ccc(OCC)cc3)c2C(=O)Nc2ccccc2OCC)C1. The summed E-state index contributed by atoms with van der Waals surface area (Å²) in [6.45, 7) is 8.56. The molecule has 1 aliphatic heterocycles. The van der Waals surface area contributed by atoms with Gasteiger partial charge in [0, 0.05) is 18.0 Å². The summed E-state index contributed by atoms with van der Waals surface area (Å²) in [4.78, 5) is 28.7. The Balaban J connectivity index is 1.60. The summed E-state index contributed by atoms with van der Waals surface area (Å²) in [7, 11) is 0. The first-order valence-corrected chi connectivity index (χ1v) is 13.4. The van der Waals surface area contributed by atoms with E-state index in [9.17, 15) is 9.59 Å². The highest BCUT2D eigenvalue weighted by molar-refractivity contribution is 7.16. The highest BCUT2D eigenvalue weighted by Gasteiger charge is 2.30. The van der Waals surface area contributed by atoms with E-state index in [1.54, 1.807) is 11.8 Å². The topological polar surface area (TPSA) is 89.1 Å². The number of anilines is 2. The summed E-state index contributed by atoms with van der Waals surface area (Å²) < 4.78 is 16.4. The summed E-state index contributed by atoms with van der Waals surface area (Å²) in [5.41, 5.74) is 3.26. The van der Waals surface area contributed by atoms with E-state index in [1.165, 1.54) is 11.3 Å². The van der Waals surface area contributed by atoms with Crippen LogP contribution in [0.5, 0.6) is 11.5 Å². The third-order valence-electron chi connectivity index (χ3n) is 5.93. The molecule has 0 unspecified atom stereocenters. The first kappa shape index (κ1) is 26.3. The zero-order valence-electron chi connectivity index (χ0n) is 21.5. The number of thiophene rings is 1. The van der Waals surface area contributed by atoms with Gasteiger partial charge >= 0.3 is 6.09 Å². The van der Waals surface area contributed by atoms with Crippen molar-refractivity contribution in [2.45, 2.75) is 40.3 Å². The molecule has 2 heterocycles. The molecule has 0 atom stereocenters. The van der Waals surface area contributed by atoms with Crippen LogP contribution in [0.3, 0.4) is 0 Å². The Morgan fingerprint density at radius 2 is 1.73 bits per heavy atom. The molecule has 1 aromatic heterocycles. The van der Waals surface area contributed by atoms with E-state index in [2.05, 4.69) is 10.6 Å². The molecule has 196 valence electrons. The van der Waals surface area contributed by atoms with Gasteiger partial charge in [-0.25, -0.2) is 4.79 Å². The monoisotopic (exact) mass is 523 g/mol. The average Bonchev–Trinajstić information content (AvgIpc) is 3.27. The third kappa shape index (κ3) is 6.35. The van der Waals surface area contributed by atoms with Crippen molar-refractivity contribution >= 4 is 34.0 Å². The van der Waals surface area contributed by atoms with Crippen molar-refractivity contribution in [3.05, 3.63) is 70.1 Å². The lowest BCUT2D eigenvalue weighted by molar-refractivity contribution is 0.102. The minimum absolute atomic E-state index is 0.205. The molecular weight excluding hydrogens is 490 g/mol. The van der Waals surface area contributed by atoms with Gasteiger partial charge in [-0.3, -0.25) is 4.79 Å². The molecule has 0 saturated heterocycles. The molecule has 0 bridgehead atoms. The first-order valence-electron chi connectivity index (χ1n) is 12.6. The molecule has 2 aromatic carbocycles. The second kappa shape index (κ2) is 12.5. The van der Waals surface area contributed by atoms with Crippen LogP contribution in [0.4, 0.5) is 15.5 Å². The molecule has 8 nitrogen and oxygen atoms in total. The Morgan fingerprint density at radius 1 is 0.973 bits per heavy atom. The fourth-order valence-corrected chi connectivity index (χ4v) is 5.48. The second-order valence-corrected chi connectivity index (χ2v) is 9.50. The summed E-state index contributed by atoms with van der Waals surface area (Å²) in [5, 5.41) is 7.28. The van der Waals surface area contributed by atoms with Crippen molar-refractivity contribution in [2.24, 2.45) is 0 Å². The van der Waals surface area contributed by atoms with Gasteiger partial charge in [0.05, 0.1) is 37.6 Å². The van der Waals surface area contributed by atoms with Gasteiger partial charge in [-0.15, -0.1) is 11.3 Å². The van der Waals surface area contributed by atoms with Crippen LogP contribution in [0, 0.1) is 0 Å². The van der Waals surface area contributed by atoms with Gasteiger partial charge in [0.2, 0.25) is 0 Å². The van der Waals surface area contributed by atoms with E-state index in [4.69, 9.17) is 14.2 Å². The lowest BCUT2D eigenvalue weighted by atomic mass is 10.0. The summed E-state index contributed by atoms with van der Waals surface area (Å²) >= 11 is 1.51. The molecule has 0 saturated carbocycles. The van der Waals surface area contributed by atoms with Gasteiger partial charge in [0.1, 0.15) is 16.5 Å². The van der Waals surface area contributed by atoms with E-state index in [0.717, 1.165) is 26.8 Å². The molecule has 1 aliphatic rings. The van der Waals surface area contributed by atoms with Gasteiger partial charge in [0.15, 0.2) is 0 Å². The molecule has 2 N–H and O–H groups in total. The third-order valence-corrected chi connectivity index (χ3v) is 7.11. The number of ether oxygens (including phenoxy) is 3. The van der Waals surface area contributed by atoms with Crippen LogP contribution in [-0.4, -0.2) is 43.3 Å². The van der Waals surface area contributed by atoms with Crippen molar-refractivity contribution in [1.82, 2.24) is 4.90 Å². The number of rotatable bonds is 10. The van der Waals surface area contributed by atoms with Crippen LogP contribution in [-0.2, 0) is 24.2 Å². The lowest BCUT2D eigenvalue weighted by Gasteiger charge is -2.26. The number of nitrogens with one attached hydrogen (secondary N) is 2. The molecule has 9 heteroatoms. The predicted molar refractivity (Wildman–Crippen MR) is 146 cm³/mol. The Kier molecular flexibility index (Phi) is 8.90. The van der Waals surface area contributed by atoms with Crippen LogP contribution in [0.25, 0.3) is 0 Å². The predicted octanol–water partition coefficient (Wildman–Crippen LogP) is 5.92. The minimum atomic E-state index is -0.331. The largest absolute Gasteiger partial charge is 0.494 e. The van der Waals surface area contributed by atoms with Crippen LogP contribution >= 0.6 is 11.3 Å². The van der Waals surface area contributed by atoms with Gasteiger partial charge in [-0.1, -0.05) is 24.3 Å². The van der Waals surface area contributed by atoms with Gasteiger partial charge in [-0.05, 0) is 62.6 Å². The molecule has 0 spiro atoms.